The van der Waals surface area contributed by atoms with Crippen molar-refractivity contribution in [2.45, 2.75) is 4.90 Å². The topological polar surface area (TPSA) is 98.8 Å². The van der Waals surface area contributed by atoms with Gasteiger partial charge in [0, 0.05) is 5.69 Å². The van der Waals surface area contributed by atoms with Gasteiger partial charge in [-0.05, 0) is 18.2 Å². The largest absolute Gasteiger partial charge is 0.465 e. The van der Waals surface area contributed by atoms with Crippen molar-refractivity contribution in [1.82, 2.24) is 0 Å². The number of carbonyl (C=O) groups excluding carboxylic acids is 1. The molecule has 0 atom stereocenters. The van der Waals surface area contributed by atoms with Gasteiger partial charge in [-0.15, -0.1) is 0 Å². The number of esters is 1. The number of hydrogen-bond donors (Lipinski definition) is 1. The minimum absolute atomic E-state index is 0.0762. The number of nitrogen functional groups attached to an aromatic ring is 1. The molecule has 1 aromatic rings. The zero-order valence-electron chi connectivity index (χ0n) is 8.45. The van der Waals surface area contributed by atoms with E-state index < -0.39 is 16.0 Å². The molecule has 1 rings (SSSR count). The van der Waals surface area contributed by atoms with Crippen LogP contribution in [0.5, 0.6) is 0 Å². The fourth-order valence-corrected chi connectivity index (χ4v) is 1.78. The third kappa shape index (κ3) is 3.06. The smallest absolute Gasteiger partial charge is 0.350 e. The second-order valence-corrected chi connectivity index (χ2v) is 4.44. The van der Waals surface area contributed by atoms with Gasteiger partial charge < -0.3 is 10.5 Å². The van der Waals surface area contributed by atoms with Gasteiger partial charge in [0.25, 0.3) is 10.0 Å². The Morgan fingerprint density at radius 1 is 1.50 bits per heavy atom. The molecule has 0 saturated heterocycles. The van der Waals surface area contributed by atoms with E-state index in [0.717, 1.165) is 7.11 Å². The summed E-state index contributed by atoms with van der Waals surface area (Å²) in [6, 6.07) is 5.61. The summed E-state index contributed by atoms with van der Waals surface area (Å²) in [5, 5.41) is 0. The number of nitrogens with two attached hydrogens (primary N) is 1. The Balaban J connectivity index is 3.04. The first-order chi connectivity index (χ1) is 7.45. The maximum Gasteiger partial charge on any atom is 0.350 e. The summed E-state index contributed by atoms with van der Waals surface area (Å²) in [4.78, 5) is 10.6. The van der Waals surface area contributed by atoms with Crippen molar-refractivity contribution in [3.63, 3.8) is 0 Å². The number of nitrogens with zero attached hydrogens (tertiary/aromatic N) is 1. The van der Waals surface area contributed by atoms with E-state index in [4.69, 9.17) is 5.73 Å². The Bertz CT molecular complexity index is 522. The molecule has 6 nitrogen and oxygen atoms in total. The molecule has 0 radical (unpaired) electrons. The molecule has 0 bridgehead atoms. The van der Waals surface area contributed by atoms with Crippen LogP contribution in [0.4, 0.5) is 5.69 Å². The highest BCUT2D eigenvalue weighted by molar-refractivity contribution is 7.90. The van der Waals surface area contributed by atoms with Gasteiger partial charge in [0.05, 0.1) is 12.0 Å². The number of anilines is 1. The number of methoxy groups -OCH3 is 1. The summed E-state index contributed by atoms with van der Waals surface area (Å²) < 4.78 is 30.5. The SMILES string of the molecule is COC(=O)/C=N/S(=O)(=O)c1cccc(N)c1. The molecule has 1 aromatic carbocycles. The van der Waals surface area contributed by atoms with Crippen molar-refractivity contribution in [2.75, 3.05) is 12.8 Å². The molecular formula is C9H10N2O4S. The number of rotatable bonds is 3. The third-order valence-electron chi connectivity index (χ3n) is 1.65. The molecule has 0 aliphatic heterocycles. The standard InChI is InChI=1S/C9H10N2O4S/c1-15-9(12)6-11-16(13,14)8-4-2-3-7(10)5-8/h2-6H,10H2,1H3/b11-6+. The van der Waals surface area contributed by atoms with Crippen molar-refractivity contribution >= 4 is 27.9 Å². The van der Waals surface area contributed by atoms with Crippen LogP contribution in [0.2, 0.25) is 0 Å². The molecule has 0 unspecified atom stereocenters. The normalized spacial score (nSPS) is 11.6. The fraction of sp³-hybridized carbons (Fsp3) is 0.111. The first-order valence-corrected chi connectivity index (χ1v) is 5.63. The number of ether oxygens (including phenoxy) is 1. The number of sulfonamides is 1. The van der Waals surface area contributed by atoms with Crippen LogP contribution in [-0.4, -0.2) is 27.7 Å². The van der Waals surface area contributed by atoms with Gasteiger partial charge in [-0.3, -0.25) is 0 Å². The summed E-state index contributed by atoms with van der Waals surface area (Å²) in [7, 11) is -2.77. The zero-order chi connectivity index (χ0) is 12.2. The Labute approximate surface area is 92.8 Å². The van der Waals surface area contributed by atoms with Crippen LogP contribution in [0.15, 0.2) is 33.6 Å². The van der Waals surface area contributed by atoms with Crippen LogP contribution in [0.1, 0.15) is 0 Å². The van der Waals surface area contributed by atoms with Crippen LogP contribution in [0, 0.1) is 0 Å². The minimum atomic E-state index is -3.90. The van der Waals surface area contributed by atoms with Gasteiger partial charge in [-0.2, -0.15) is 12.8 Å². The molecule has 0 aliphatic carbocycles. The lowest BCUT2D eigenvalue weighted by molar-refractivity contribution is -0.132. The van der Waals surface area contributed by atoms with E-state index in [1.165, 1.54) is 18.2 Å². The van der Waals surface area contributed by atoms with E-state index in [0.29, 0.717) is 11.9 Å². The van der Waals surface area contributed by atoms with E-state index >= 15 is 0 Å². The van der Waals surface area contributed by atoms with Crippen LogP contribution < -0.4 is 5.73 Å². The first kappa shape index (κ1) is 12.2. The predicted molar refractivity (Wildman–Crippen MR) is 58.5 cm³/mol. The Morgan fingerprint density at radius 2 is 2.19 bits per heavy atom. The molecule has 0 amide bonds. The van der Waals surface area contributed by atoms with Crippen molar-refractivity contribution < 1.29 is 17.9 Å². The summed E-state index contributed by atoms with van der Waals surface area (Å²) in [6.45, 7) is 0. The van der Waals surface area contributed by atoms with Gasteiger partial charge in [0.1, 0.15) is 6.21 Å². The van der Waals surface area contributed by atoms with Crippen molar-refractivity contribution in [1.29, 1.82) is 0 Å². The Kier molecular flexibility index (Phi) is 3.62. The summed E-state index contributed by atoms with van der Waals surface area (Å²) >= 11 is 0. The summed E-state index contributed by atoms with van der Waals surface area (Å²) in [6.07, 6.45) is 0.596. The first-order valence-electron chi connectivity index (χ1n) is 4.19. The van der Waals surface area contributed by atoms with Gasteiger partial charge in [-0.1, -0.05) is 6.07 Å². The highest BCUT2D eigenvalue weighted by atomic mass is 32.2. The second kappa shape index (κ2) is 4.75. The van der Waals surface area contributed by atoms with E-state index in [-0.39, 0.29) is 4.90 Å². The van der Waals surface area contributed by atoms with Gasteiger partial charge in [-0.25, -0.2) is 4.79 Å². The third-order valence-corrected chi connectivity index (χ3v) is 2.89. The lowest BCUT2D eigenvalue weighted by Crippen LogP contribution is -2.05. The van der Waals surface area contributed by atoms with E-state index in [1.807, 2.05) is 0 Å². The fourth-order valence-electron chi connectivity index (χ4n) is 0.901. The number of hydrogen-bond acceptors (Lipinski definition) is 5. The molecule has 0 fully saturated rings. The average Bonchev–Trinajstić information content (AvgIpc) is 2.26. The van der Waals surface area contributed by atoms with Crippen molar-refractivity contribution in [2.24, 2.45) is 4.40 Å². The molecular weight excluding hydrogens is 232 g/mol. The molecule has 0 saturated carbocycles. The molecule has 0 aliphatic rings. The van der Waals surface area contributed by atoms with Gasteiger partial charge in [0.15, 0.2) is 0 Å². The predicted octanol–water partition coefficient (Wildman–Crippen LogP) is 0.201. The highest BCUT2D eigenvalue weighted by Gasteiger charge is 2.12. The summed E-state index contributed by atoms with van der Waals surface area (Å²) in [5.41, 5.74) is 5.73. The quantitative estimate of drug-likeness (QED) is 0.463. The van der Waals surface area contributed by atoms with Crippen molar-refractivity contribution in [3.05, 3.63) is 24.3 Å². The van der Waals surface area contributed by atoms with Crippen LogP contribution >= 0.6 is 0 Å². The average molecular weight is 242 g/mol. The molecule has 86 valence electrons. The highest BCUT2D eigenvalue weighted by Crippen LogP contribution is 2.14. The van der Waals surface area contributed by atoms with E-state index in [9.17, 15) is 13.2 Å². The number of carbonyl (C=O) groups is 1. The summed E-state index contributed by atoms with van der Waals surface area (Å²) in [5.74, 6) is -0.840. The lowest BCUT2D eigenvalue weighted by atomic mass is 10.3. The zero-order valence-corrected chi connectivity index (χ0v) is 9.27. The molecule has 16 heavy (non-hydrogen) atoms. The van der Waals surface area contributed by atoms with Crippen LogP contribution in [0.25, 0.3) is 0 Å². The Hall–Kier alpha value is -1.89. The van der Waals surface area contributed by atoms with Crippen LogP contribution in [0.3, 0.4) is 0 Å². The Morgan fingerprint density at radius 3 is 2.75 bits per heavy atom. The maximum absolute atomic E-state index is 11.5. The van der Waals surface area contributed by atoms with E-state index in [1.54, 1.807) is 6.07 Å². The minimum Gasteiger partial charge on any atom is -0.465 e. The molecule has 7 heteroatoms. The van der Waals surface area contributed by atoms with Crippen LogP contribution in [-0.2, 0) is 19.6 Å². The molecule has 0 aromatic heterocycles. The molecule has 0 spiro atoms. The van der Waals surface area contributed by atoms with E-state index in [2.05, 4.69) is 9.13 Å². The maximum atomic E-state index is 11.5. The second-order valence-electron chi connectivity index (χ2n) is 2.81. The van der Waals surface area contributed by atoms with Gasteiger partial charge >= 0.3 is 5.97 Å². The van der Waals surface area contributed by atoms with Gasteiger partial charge in [0.2, 0.25) is 0 Å². The lowest BCUT2D eigenvalue weighted by Gasteiger charge is -1.99. The molecule has 2 N–H and O–H groups in total. The van der Waals surface area contributed by atoms with Crippen molar-refractivity contribution in [3.8, 4) is 0 Å². The molecule has 0 heterocycles. The number of benzene rings is 1. The monoisotopic (exact) mass is 242 g/mol.